The summed E-state index contributed by atoms with van der Waals surface area (Å²) in [6, 6.07) is 9.58. The molecule has 2 rings (SSSR count). The summed E-state index contributed by atoms with van der Waals surface area (Å²) < 4.78 is 5.81. The number of nitrogens with two attached hydrogens (primary N) is 1. The van der Waals surface area contributed by atoms with Crippen LogP contribution in [-0.2, 0) is 0 Å². The Bertz CT molecular complexity index is 630. The number of rotatable bonds is 6. The Morgan fingerprint density at radius 3 is 2.95 bits per heavy atom. The highest BCUT2D eigenvalue weighted by Crippen LogP contribution is 2.24. The fourth-order valence-corrected chi connectivity index (χ4v) is 2.01. The molecule has 0 amide bonds. The van der Waals surface area contributed by atoms with E-state index in [0.717, 1.165) is 29.1 Å². The number of hydrogen-bond donors (Lipinski definition) is 2. The van der Waals surface area contributed by atoms with Crippen molar-refractivity contribution in [1.82, 2.24) is 4.98 Å². The van der Waals surface area contributed by atoms with Crippen molar-refractivity contribution < 1.29 is 4.74 Å². The van der Waals surface area contributed by atoms with Crippen molar-refractivity contribution in [2.45, 2.75) is 26.4 Å². The Morgan fingerprint density at radius 1 is 1.43 bits per heavy atom. The first-order valence-electron chi connectivity index (χ1n) is 6.87. The zero-order valence-electron chi connectivity index (χ0n) is 12.2. The van der Waals surface area contributed by atoms with E-state index >= 15 is 0 Å². The highest BCUT2D eigenvalue weighted by atomic mass is 32.1. The first kappa shape index (κ1) is 15.3. The summed E-state index contributed by atoms with van der Waals surface area (Å²) in [5, 5.41) is 3.28. The van der Waals surface area contributed by atoms with Gasteiger partial charge in [-0.1, -0.05) is 25.2 Å². The van der Waals surface area contributed by atoms with E-state index in [1.54, 1.807) is 18.5 Å². The van der Waals surface area contributed by atoms with Gasteiger partial charge < -0.3 is 15.8 Å². The molecule has 110 valence electrons. The number of pyridine rings is 1. The summed E-state index contributed by atoms with van der Waals surface area (Å²) in [6.45, 7) is 4.14. The molecule has 1 atom stereocenters. The second kappa shape index (κ2) is 7.04. The topological polar surface area (TPSA) is 60.2 Å². The summed E-state index contributed by atoms with van der Waals surface area (Å²) in [6.07, 6.45) is 4.52. The molecule has 0 aliphatic carbocycles. The van der Waals surface area contributed by atoms with Gasteiger partial charge in [-0.3, -0.25) is 4.98 Å². The highest BCUT2D eigenvalue weighted by Gasteiger charge is 2.06. The number of nitrogens with zero attached hydrogens (tertiary/aromatic N) is 1. The van der Waals surface area contributed by atoms with Crippen LogP contribution in [0.2, 0.25) is 0 Å². The van der Waals surface area contributed by atoms with Crippen molar-refractivity contribution in [3.63, 3.8) is 0 Å². The molecular formula is C16H19N3OS. The standard InChI is InChI=1S/C16H19N3OS/c1-3-11(2)20-13-6-4-5-12(9-13)19-15-10-18-8-7-14(15)16(17)21/h4-11,19H,3H2,1-2H3,(H2,17,21). The molecule has 1 aromatic carbocycles. The van der Waals surface area contributed by atoms with Gasteiger partial charge in [0.15, 0.2) is 0 Å². The lowest BCUT2D eigenvalue weighted by Gasteiger charge is -2.15. The molecule has 0 aliphatic rings. The van der Waals surface area contributed by atoms with Crippen molar-refractivity contribution in [3.8, 4) is 5.75 Å². The van der Waals surface area contributed by atoms with Crippen LogP contribution in [0.25, 0.3) is 0 Å². The average Bonchev–Trinajstić information content (AvgIpc) is 2.48. The van der Waals surface area contributed by atoms with Crippen molar-refractivity contribution in [1.29, 1.82) is 0 Å². The van der Waals surface area contributed by atoms with Gasteiger partial charge in [0.05, 0.1) is 18.0 Å². The Hall–Kier alpha value is -2.14. The van der Waals surface area contributed by atoms with Crippen molar-refractivity contribution in [2.75, 3.05) is 5.32 Å². The summed E-state index contributed by atoms with van der Waals surface area (Å²) >= 11 is 5.05. The number of hydrogen-bond acceptors (Lipinski definition) is 4. The van der Waals surface area contributed by atoms with Gasteiger partial charge in [-0.05, 0) is 31.5 Å². The van der Waals surface area contributed by atoms with Crippen LogP contribution in [0.4, 0.5) is 11.4 Å². The zero-order chi connectivity index (χ0) is 15.2. The molecule has 1 unspecified atom stereocenters. The molecule has 0 aliphatic heterocycles. The van der Waals surface area contributed by atoms with E-state index in [1.165, 1.54) is 0 Å². The van der Waals surface area contributed by atoms with Gasteiger partial charge in [0.1, 0.15) is 10.7 Å². The molecule has 0 fully saturated rings. The summed E-state index contributed by atoms with van der Waals surface area (Å²) in [5.74, 6) is 0.829. The number of ether oxygens (including phenoxy) is 1. The lowest BCUT2D eigenvalue weighted by atomic mass is 10.2. The van der Waals surface area contributed by atoms with Crippen LogP contribution < -0.4 is 15.8 Å². The van der Waals surface area contributed by atoms with Gasteiger partial charge in [-0.15, -0.1) is 0 Å². The minimum Gasteiger partial charge on any atom is -0.491 e. The van der Waals surface area contributed by atoms with Crippen LogP contribution in [0.5, 0.6) is 5.75 Å². The maximum absolute atomic E-state index is 5.81. The van der Waals surface area contributed by atoms with Gasteiger partial charge in [0.2, 0.25) is 0 Å². The smallest absolute Gasteiger partial charge is 0.121 e. The van der Waals surface area contributed by atoms with Crippen molar-refractivity contribution in [2.24, 2.45) is 5.73 Å². The molecule has 21 heavy (non-hydrogen) atoms. The largest absolute Gasteiger partial charge is 0.491 e. The Balaban J connectivity index is 2.20. The van der Waals surface area contributed by atoms with E-state index in [0.29, 0.717) is 4.99 Å². The first-order chi connectivity index (χ1) is 10.1. The predicted octanol–water partition coefficient (Wildman–Crippen LogP) is 3.64. The molecule has 0 saturated heterocycles. The minimum atomic E-state index is 0.186. The fraction of sp³-hybridized carbons (Fsp3) is 0.250. The fourth-order valence-electron chi connectivity index (χ4n) is 1.83. The second-order valence-corrected chi connectivity index (χ2v) is 5.21. The Morgan fingerprint density at radius 2 is 2.24 bits per heavy atom. The quantitative estimate of drug-likeness (QED) is 0.798. The van der Waals surface area contributed by atoms with Crippen molar-refractivity contribution >= 4 is 28.6 Å². The van der Waals surface area contributed by atoms with E-state index in [-0.39, 0.29) is 6.10 Å². The highest BCUT2D eigenvalue weighted by molar-refractivity contribution is 7.80. The molecule has 3 N–H and O–H groups in total. The van der Waals surface area contributed by atoms with Gasteiger partial charge in [0, 0.05) is 23.5 Å². The van der Waals surface area contributed by atoms with E-state index in [9.17, 15) is 0 Å². The Kier molecular flexibility index (Phi) is 5.11. The maximum Gasteiger partial charge on any atom is 0.121 e. The first-order valence-corrected chi connectivity index (χ1v) is 7.28. The SMILES string of the molecule is CCC(C)Oc1cccc(Nc2cnccc2C(N)=S)c1. The average molecular weight is 301 g/mol. The summed E-state index contributed by atoms with van der Waals surface area (Å²) in [7, 11) is 0. The lowest BCUT2D eigenvalue weighted by molar-refractivity contribution is 0.217. The predicted molar refractivity (Wildman–Crippen MR) is 90.2 cm³/mol. The summed E-state index contributed by atoms with van der Waals surface area (Å²) in [5.41, 5.74) is 8.18. The molecule has 5 heteroatoms. The molecule has 1 aromatic heterocycles. The van der Waals surface area contributed by atoms with Crippen LogP contribution in [0.1, 0.15) is 25.8 Å². The third kappa shape index (κ3) is 4.16. The van der Waals surface area contributed by atoms with Gasteiger partial charge in [0.25, 0.3) is 0 Å². The number of anilines is 2. The summed E-state index contributed by atoms with van der Waals surface area (Å²) in [4.78, 5) is 4.44. The van der Waals surface area contributed by atoms with Crippen LogP contribution in [0.3, 0.4) is 0 Å². The van der Waals surface area contributed by atoms with E-state index < -0.39 is 0 Å². The monoisotopic (exact) mass is 301 g/mol. The molecule has 1 heterocycles. The van der Waals surface area contributed by atoms with Crippen LogP contribution in [0.15, 0.2) is 42.7 Å². The molecule has 4 nitrogen and oxygen atoms in total. The lowest BCUT2D eigenvalue weighted by Crippen LogP contribution is -2.12. The molecule has 0 radical (unpaired) electrons. The molecule has 0 bridgehead atoms. The third-order valence-electron chi connectivity index (χ3n) is 3.11. The number of nitrogens with one attached hydrogen (secondary N) is 1. The number of aromatic nitrogens is 1. The van der Waals surface area contributed by atoms with Crippen molar-refractivity contribution in [3.05, 3.63) is 48.3 Å². The number of thiocarbonyl (C=S) groups is 1. The normalized spacial score (nSPS) is 11.7. The molecule has 2 aromatic rings. The second-order valence-electron chi connectivity index (χ2n) is 4.78. The zero-order valence-corrected chi connectivity index (χ0v) is 13.0. The third-order valence-corrected chi connectivity index (χ3v) is 3.33. The van der Waals surface area contributed by atoms with E-state index in [1.807, 2.05) is 31.2 Å². The van der Waals surface area contributed by atoms with Gasteiger partial charge >= 0.3 is 0 Å². The molecular weight excluding hydrogens is 282 g/mol. The Labute approximate surface area is 130 Å². The van der Waals surface area contributed by atoms with Gasteiger partial charge in [-0.2, -0.15) is 0 Å². The van der Waals surface area contributed by atoms with E-state index in [2.05, 4.69) is 17.2 Å². The van der Waals surface area contributed by atoms with E-state index in [4.69, 9.17) is 22.7 Å². The minimum absolute atomic E-state index is 0.186. The molecule has 0 saturated carbocycles. The number of benzene rings is 1. The van der Waals surface area contributed by atoms with Crippen LogP contribution in [0, 0.1) is 0 Å². The molecule has 0 spiro atoms. The maximum atomic E-state index is 5.81. The van der Waals surface area contributed by atoms with Crippen LogP contribution in [-0.4, -0.2) is 16.1 Å². The van der Waals surface area contributed by atoms with Gasteiger partial charge in [-0.25, -0.2) is 0 Å². The van der Waals surface area contributed by atoms with Crippen LogP contribution >= 0.6 is 12.2 Å².